The monoisotopic (exact) mass is 271 g/mol. The molecule has 0 aliphatic rings. The molecule has 8 heteroatoms. The number of nitrogens with zero attached hydrogens (tertiary/aromatic N) is 3. The lowest BCUT2D eigenvalue weighted by atomic mass is 10.2. The average molecular weight is 271 g/mol. The van der Waals surface area contributed by atoms with Gasteiger partial charge >= 0.3 is 6.03 Å². The minimum absolute atomic E-state index is 0.127. The number of aryl methyl sites for hydroxylation is 1. The van der Waals surface area contributed by atoms with Crippen LogP contribution in [0, 0.1) is 5.92 Å². The third-order valence-corrected chi connectivity index (χ3v) is 2.96. The molecule has 1 aromatic rings. The van der Waals surface area contributed by atoms with Gasteiger partial charge in [0, 0.05) is 13.6 Å². The van der Waals surface area contributed by atoms with Crippen molar-refractivity contribution in [3.63, 3.8) is 0 Å². The Morgan fingerprint density at radius 3 is 2.78 bits per heavy atom. The average Bonchev–Trinajstić information content (AvgIpc) is 2.69. The van der Waals surface area contributed by atoms with Gasteiger partial charge in [0.05, 0.1) is 5.75 Å². The first-order valence-electron chi connectivity index (χ1n) is 5.53. The Hall–Kier alpha value is -1.57. The van der Waals surface area contributed by atoms with Crippen LogP contribution in [0.2, 0.25) is 0 Å². The zero-order valence-corrected chi connectivity index (χ0v) is 11.5. The molecule has 1 rings (SSSR count). The smallest absolute Gasteiger partial charge is 0.321 e. The number of thioether (sulfide) groups is 1. The fourth-order valence-corrected chi connectivity index (χ4v) is 1.73. The van der Waals surface area contributed by atoms with Crippen LogP contribution in [-0.2, 0) is 11.8 Å². The maximum absolute atomic E-state index is 11.5. The first-order valence-corrected chi connectivity index (χ1v) is 6.52. The summed E-state index contributed by atoms with van der Waals surface area (Å²) in [7, 11) is 1.79. The van der Waals surface area contributed by atoms with E-state index in [9.17, 15) is 9.59 Å². The molecule has 0 bridgehead atoms. The highest BCUT2D eigenvalue weighted by Crippen LogP contribution is 2.12. The Morgan fingerprint density at radius 1 is 1.50 bits per heavy atom. The second-order valence-corrected chi connectivity index (χ2v) is 5.11. The number of carbonyl (C=O) groups is 2. The summed E-state index contributed by atoms with van der Waals surface area (Å²) in [5, 5.41) is 13.0. The molecule has 0 radical (unpaired) electrons. The van der Waals surface area contributed by atoms with E-state index in [0.717, 1.165) is 0 Å². The standard InChI is InChI=1S/C10H17N5O2S/c1-7(2)4-11-9(17)13-8(16)5-18-10-14-12-6-15(10)3/h6-7H,4-5H2,1-3H3,(H2,11,13,16,17). The molecule has 0 aliphatic carbocycles. The molecule has 0 aliphatic heterocycles. The molecule has 3 amide bonds. The van der Waals surface area contributed by atoms with Gasteiger partial charge in [0.2, 0.25) is 5.91 Å². The van der Waals surface area contributed by atoms with Crippen LogP contribution in [0.4, 0.5) is 4.79 Å². The van der Waals surface area contributed by atoms with Crippen molar-refractivity contribution in [2.75, 3.05) is 12.3 Å². The van der Waals surface area contributed by atoms with Crippen LogP contribution in [0.5, 0.6) is 0 Å². The quantitative estimate of drug-likeness (QED) is 0.756. The first-order chi connectivity index (χ1) is 8.49. The number of hydrogen-bond acceptors (Lipinski definition) is 5. The lowest BCUT2D eigenvalue weighted by Gasteiger charge is -2.08. The number of carbonyl (C=O) groups excluding carboxylic acids is 2. The highest BCUT2D eigenvalue weighted by Gasteiger charge is 2.10. The van der Waals surface area contributed by atoms with Gasteiger partial charge < -0.3 is 9.88 Å². The number of rotatable bonds is 5. The van der Waals surface area contributed by atoms with Gasteiger partial charge in [-0.25, -0.2) is 4.79 Å². The lowest BCUT2D eigenvalue weighted by Crippen LogP contribution is -2.41. The summed E-state index contributed by atoms with van der Waals surface area (Å²) in [4.78, 5) is 22.8. The molecule has 100 valence electrons. The lowest BCUT2D eigenvalue weighted by molar-refractivity contribution is -0.117. The van der Waals surface area contributed by atoms with E-state index in [0.29, 0.717) is 17.6 Å². The SMILES string of the molecule is CC(C)CNC(=O)NC(=O)CSc1nncn1C. The van der Waals surface area contributed by atoms with Gasteiger partial charge in [0.1, 0.15) is 6.33 Å². The molecule has 0 unspecified atom stereocenters. The van der Waals surface area contributed by atoms with Crippen molar-refractivity contribution in [3.8, 4) is 0 Å². The number of urea groups is 1. The second kappa shape index (κ2) is 7.00. The largest absolute Gasteiger partial charge is 0.338 e. The minimum Gasteiger partial charge on any atom is -0.338 e. The van der Waals surface area contributed by atoms with Crippen molar-refractivity contribution in [3.05, 3.63) is 6.33 Å². The van der Waals surface area contributed by atoms with Crippen molar-refractivity contribution in [1.29, 1.82) is 0 Å². The minimum atomic E-state index is -0.465. The van der Waals surface area contributed by atoms with Gasteiger partial charge in [-0.3, -0.25) is 10.1 Å². The molecule has 0 aromatic carbocycles. The molecule has 2 N–H and O–H groups in total. The van der Waals surface area contributed by atoms with E-state index in [1.54, 1.807) is 17.9 Å². The van der Waals surface area contributed by atoms with E-state index >= 15 is 0 Å². The van der Waals surface area contributed by atoms with Crippen LogP contribution >= 0.6 is 11.8 Å². The summed E-state index contributed by atoms with van der Waals surface area (Å²) in [6.07, 6.45) is 1.55. The molecule has 18 heavy (non-hydrogen) atoms. The van der Waals surface area contributed by atoms with Crippen molar-refractivity contribution in [2.45, 2.75) is 19.0 Å². The first kappa shape index (κ1) is 14.5. The molecular formula is C10H17N5O2S. The number of amides is 3. The Kier molecular flexibility index (Phi) is 5.63. The van der Waals surface area contributed by atoms with Crippen LogP contribution in [0.15, 0.2) is 11.5 Å². The molecule has 0 fully saturated rings. The predicted molar refractivity (Wildman–Crippen MR) is 68.1 cm³/mol. The number of hydrogen-bond donors (Lipinski definition) is 2. The van der Waals surface area contributed by atoms with Crippen LogP contribution in [0.1, 0.15) is 13.8 Å². The van der Waals surface area contributed by atoms with E-state index in [4.69, 9.17) is 0 Å². The highest BCUT2D eigenvalue weighted by atomic mass is 32.2. The predicted octanol–water partition coefficient (Wildman–Crippen LogP) is 0.389. The topological polar surface area (TPSA) is 88.9 Å². The van der Waals surface area contributed by atoms with Crippen LogP contribution in [-0.4, -0.2) is 39.0 Å². The summed E-state index contributed by atoms with van der Waals surface area (Å²) < 4.78 is 1.71. The van der Waals surface area contributed by atoms with Crippen LogP contribution < -0.4 is 10.6 Å². The molecule has 1 heterocycles. The molecule has 0 spiro atoms. The Bertz CT molecular complexity index is 418. The van der Waals surface area contributed by atoms with E-state index in [-0.39, 0.29) is 11.7 Å². The maximum atomic E-state index is 11.5. The van der Waals surface area contributed by atoms with Crippen LogP contribution in [0.3, 0.4) is 0 Å². The Labute approximate surface area is 110 Å². The van der Waals surface area contributed by atoms with Crippen molar-refractivity contribution in [1.82, 2.24) is 25.4 Å². The molecule has 0 saturated heterocycles. The van der Waals surface area contributed by atoms with E-state index in [1.165, 1.54) is 11.8 Å². The summed E-state index contributed by atoms with van der Waals surface area (Å²) in [6.45, 7) is 4.49. The number of imide groups is 1. The van der Waals surface area contributed by atoms with Crippen molar-refractivity contribution < 1.29 is 9.59 Å². The highest BCUT2D eigenvalue weighted by molar-refractivity contribution is 7.99. The second-order valence-electron chi connectivity index (χ2n) is 4.17. The van der Waals surface area contributed by atoms with Gasteiger partial charge in [0.25, 0.3) is 0 Å². The molecule has 1 aromatic heterocycles. The zero-order chi connectivity index (χ0) is 13.5. The van der Waals surface area contributed by atoms with Gasteiger partial charge in [-0.1, -0.05) is 25.6 Å². The zero-order valence-electron chi connectivity index (χ0n) is 10.6. The van der Waals surface area contributed by atoms with Gasteiger partial charge in [-0.2, -0.15) is 0 Å². The fraction of sp³-hybridized carbons (Fsp3) is 0.600. The molecule has 0 atom stereocenters. The third-order valence-electron chi connectivity index (χ3n) is 1.93. The van der Waals surface area contributed by atoms with E-state index in [1.807, 2.05) is 13.8 Å². The molecule has 7 nitrogen and oxygen atoms in total. The van der Waals surface area contributed by atoms with Gasteiger partial charge in [0.15, 0.2) is 5.16 Å². The summed E-state index contributed by atoms with van der Waals surface area (Å²) in [5.41, 5.74) is 0. The van der Waals surface area contributed by atoms with Gasteiger partial charge in [-0.05, 0) is 5.92 Å². The normalized spacial score (nSPS) is 10.4. The molecule has 0 saturated carbocycles. The van der Waals surface area contributed by atoms with Gasteiger partial charge in [-0.15, -0.1) is 10.2 Å². The fourth-order valence-electron chi connectivity index (χ4n) is 1.04. The molecular weight excluding hydrogens is 254 g/mol. The number of aromatic nitrogens is 3. The maximum Gasteiger partial charge on any atom is 0.321 e. The van der Waals surface area contributed by atoms with E-state index in [2.05, 4.69) is 20.8 Å². The summed E-state index contributed by atoms with van der Waals surface area (Å²) >= 11 is 1.23. The number of nitrogens with one attached hydrogen (secondary N) is 2. The summed E-state index contributed by atoms with van der Waals surface area (Å²) in [6, 6.07) is -0.465. The Balaban J connectivity index is 2.25. The Morgan fingerprint density at radius 2 is 2.22 bits per heavy atom. The van der Waals surface area contributed by atoms with E-state index < -0.39 is 6.03 Å². The summed E-state index contributed by atoms with van der Waals surface area (Å²) in [5.74, 6) is 0.116. The van der Waals surface area contributed by atoms with Crippen molar-refractivity contribution >= 4 is 23.7 Å². The van der Waals surface area contributed by atoms with Crippen molar-refractivity contribution in [2.24, 2.45) is 13.0 Å². The van der Waals surface area contributed by atoms with Crippen LogP contribution in [0.25, 0.3) is 0 Å². The third kappa shape index (κ3) is 5.17.